The van der Waals surface area contributed by atoms with Gasteiger partial charge < -0.3 is 10.2 Å². The van der Waals surface area contributed by atoms with Crippen LogP contribution in [0, 0.1) is 11.3 Å². The largest absolute Gasteiger partial charge is 0.356 e. The zero-order chi connectivity index (χ0) is 22.4. The lowest BCUT2D eigenvalue weighted by molar-refractivity contribution is -0.141. The Labute approximate surface area is 191 Å². The van der Waals surface area contributed by atoms with Crippen molar-refractivity contribution in [3.05, 3.63) is 54.4 Å². The highest BCUT2D eigenvalue weighted by Crippen LogP contribution is 2.37. The molecule has 2 amide bonds. The summed E-state index contributed by atoms with van der Waals surface area (Å²) in [4.78, 5) is 32.0. The molecule has 0 atom stereocenters. The fraction of sp³-hybridized carbons (Fsp3) is 0.519. The van der Waals surface area contributed by atoms with Gasteiger partial charge in [0.05, 0.1) is 5.41 Å². The molecule has 0 spiro atoms. The molecule has 5 nitrogen and oxygen atoms in total. The molecule has 170 valence electrons. The average molecular weight is 434 g/mol. The zero-order valence-corrected chi connectivity index (χ0v) is 19.2. The van der Waals surface area contributed by atoms with E-state index in [1.807, 2.05) is 24.0 Å². The van der Waals surface area contributed by atoms with Gasteiger partial charge >= 0.3 is 0 Å². The van der Waals surface area contributed by atoms with Gasteiger partial charge in [-0.05, 0) is 73.8 Å². The summed E-state index contributed by atoms with van der Waals surface area (Å²) in [5.41, 5.74) is 3.01. The molecular formula is C27H35N3O2. The van der Waals surface area contributed by atoms with E-state index in [4.69, 9.17) is 0 Å². The van der Waals surface area contributed by atoms with Gasteiger partial charge in [0.25, 0.3) is 0 Å². The van der Waals surface area contributed by atoms with Crippen LogP contribution in [0.3, 0.4) is 0 Å². The molecule has 1 aromatic heterocycles. The number of pyridine rings is 1. The van der Waals surface area contributed by atoms with E-state index in [1.165, 1.54) is 31.2 Å². The highest BCUT2D eigenvalue weighted by molar-refractivity contribution is 5.84. The lowest BCUT2D eigenvalue weighted by atomic mass is 9.72. The fourth-order valence-corrected chi connectivity index (χ4v) is 5.36. The number of amides is 2. The third-order valence-electron chi connectivity index (χ3n) is 7.34. The number of piperidine rings is 1. The second kappa shape index (κ2) is 10.3. The van der Waals surface area contributed by atoms with Crippen LogP contribution in [0.2, 0.25) is 0 Å². The van der Waals surface area contributed by atoms with Crippen LogP contribution in [-0.2, 0) is 16.0 Å². The molecule has 2 aromatic rings. The van der Waals surface area contributed by atoms with Crippen molar-refractivity contribution >= 4 is 11.8 Å². The molecule has 0 bridgehead atoms. The van der Waals surface area contributed by atoms with Crippen molar-refractivity contribution < 1.29 is 9.59 Å². The Morgan fingerprint density at radius 3 is 2.25 bits per heavy atom. The van der Waals surface area contributed by atoms with Crippen LogP contribution < -0.4 is 5.32 Å². The highest BCUT2D eigenvalue weighted by Gasteiger charge is 2.42. The Morgan fingerprint density at radius 2 is 1.62 bits per heavy atom. The van der Waals surface area contributed by atoms with Gasteiger partial charge in [-0.15, -0.1) is 0 Å². The van der Waals surface area contributed by atoms with Gasteiger partial charge in [-0.1, -0.05) is 37.1 Å². The molecule has 32 heavy (non-hydrogen) atoms. The predicted molar refractivity (Wildman–Crippen MR) is 127 cm³/mol. The first-order valence-corrected chi connectivity index (χ1v) is 12.1. The summed E-state index contributed by atoms with van der Waals surface area (Å²) in [5.74, 6) is 0.973. The van der Waals surface area contributed by atoms with Crippen molar-refractivity contribution in [2.45, 2.75) is 58.3 Å². The summed E-state index contributed by atoms with van der Waals surface area (Å²) >= 11 is 0. The number of hydrogen-bond acceptors (Lipinski definition) is 3. The molecule has 2 aliphatic rings. The molecule has 1 N–H and O–H groups in total. The summed E-state index contributed by atoms with van der Waals surface area (Å²) in [6.45, 7) is 3.96. The Morgan fingerprint density at radius 1 is 1.00 bits per heavy atom. The first kappa shape index (κ1) is 22.5. The van der Waals surface area contributed by atoms with Gasteiger partial charge in [0.2, 0.25) is 11.8 Å². The molecule has 1 aromatic carbocycles. The average Bonchev–Trinajstić information content (AvgIpc) is 3.34. The SMILES string of the molecule is CCNC(=O)C1(Cc2ccc(-c3ccncc3)cc2)CCN(C(=O)CC2CCCC2)CC1. The van der Waals surface area contributed by atoms with Gasteiger partial charge in [0.1, 0.15) is 0 Å². The molecule has 4 rings (SSSR count). The number of nitrogens with zero attached hydrogens (tertiary/aromatic N) is 2. The second-order valence-electron chi connectivity index (χ2n) is 9.48. The lowest BCUT2D eigenvalue weighted by Crippen LogP contribution is -2.51. The maximum absolute atomic E-state index is 13.1. The number of aromatic nitrogens is 1. The number of rotatable bonds is 7. The van der Waals surface area contributed by atoms with Crippen molar-refractivity contribution in [3.63, 3.8) is 0 Å². The molecule has 1 aliphatic heterocycles. The Balaban J connectivity index is 1.43. The monoisotopic (exact) mass is 433 g/mol. The van der Waals surface area contributed by atoms with Crippen molar-refractivity contribution in [1.82, 2.24) is 15.2 Å². The molecular weight excluding hydrogens is 398 g/mol. The second-order valence-corrected chi connectivity index (χ2v) is 9.48. The zero-order valence-electron chi connectivity index (χ0n) is 19.2. The van der Waals surface area contributed by atoms with Crippen molar-refractivity contribution in [2.75, 3.05) is 19.6 Å². The van der Waals surface area contributed by atoms with E-state index in [2.05, 4.69) is 34.6 Å². The van der Waals surface area contributed by atoms with Gasteiger partial charge in [0.15, 0.2) is 0 Å². The summed E-state index contributed by atoms with van der Waals surface area (Å²) in [7, 11) is 0. The summed E-state index contributed by atoms with van der Waals surface area (Å²) in [6.07, 6.45) is 11.4. The van der Waals surface area contributed by atoms with Crippen LogP contribution in [-0.4, -0.2) is 41.3 Å². The van der Waals surface area contributed by atoms with Crippen LogP contribution in [0.4, 0.5) is 0 Å². The number of carbonyl (C=O) groups is 2. The first-order chi connectivity index (χ1) is 15.6. The van der Waals surface area contributed by atoms with Crippen LogP contribution in [0.25, 0.3) is 11.1 Å². The molecule has 1 saturated heterocycles. The molecule has 0 radical (unpaired) electrons. The maximum Gasteiger partial charge on any atom is 0.226 e. The van der Waals surface area contributed by atoms with Crippen LogP contribution >= 0.6 is 0 Å². The van der Waals surface area contributed by atoms with Crippen LogP contribution in [0.5, 0.6) is 0 Å². The maximum atomic E-state index is 13.1. The summed E-state index contributed by atoms with van der Waals surface area (Å²) in [6, 6.07) is 12.5. The van der Waals surface area contributed by atoms with Gasteiger partial charge in [-0.2, -0.15) is 0 Å². The van der Waals surface area contributed by atoms with Crippen molar-refractivity contribution in [1.29, 1.82) is 0 Å². The predicted octanol–water partition coefficient (Wildman–Crippen LogP) is 4.62. The molecule has 1 saturated carbocycles. The summed E-state index contributed by atoms with van der Waals surface area (Å²) in [5, 5.41) is 3.07. The number of benzene rings is 1. The lowest BCUT2D eigenvalue weighted by Gasteiger charge is -2.41. The third kappa shape index (κ3) is 5.20. The normalized spacial score (nSPS) is 18.5. The standard InChI is InChI=1S/C27H35N3O2/c1-2-29-26(32)27(13-17-30(18-14-27)25(31)19-21-5-3-4-6-21)20-22-7-9-23(10-8-22)24-11-15-28-16-12-24/h7-12,15-16,21H,2-6,13-14,17-20H2,1H3,(H,29,32). The molecule has 1 aliphatic carbocycles. The number of carbonyl (C=O) groups excluding carboxylic acids is 2. The Kier molecular flexibility index (Phi) is 7.23. The Bertz CT molecular complexity index is 896. The van der Waals surface area contributed by atoms with E-state index in [0.717, 1.165) is 24.0 Å². The smallest absolute Gasteiger partial charge is 0.226 e. The molecule has 5 heteroatoms. The first-order valence-electron chi connectivity index (χ1n) is 12.1. The quantitative estimate of drug-likeness (QED) is 0.693. The van der Waals surface area contributed by atoms with Crippen molar-refractivity contribution in [3.8, 4) is 11.1 Å². The third-order valence-corrected chi connectivity index (χ3v) is 7.34. The van der Waals surface area contributed by atoms with E-state index in [-0.39, 0.29) is 11.8 Å². The van der Waals surface area contributed by atoms with Crippen molar-refractivity contribution in [2.24, 2.45) is 11.3 Å². The van der Waals surface area contributed by atoms with E-state index >= 15 is 0 Å². The van der Waals surface area contributed by atoms with Gasteiger partial charge in [0, 0.05) is 38.4 Å². The minimum absolute atomic E-state index is 0.126. The number of hydrogen-bond donors (Lipinski definition) is 1. The van der Waals surface area contributed by atoms with E-state index in [1.54, 1.807) is 12.4 Å². The Hall–Kier alpha value is -2.69. The minimum atomic E-state index is -0.446. The van der Waals surface area contributed by atoms with Crippen LogP contribution in [0.15, 0.2) is 48.8 Å². The molecule has 2 fully saturated rings. The van der Waals surface area contributed by atoms with Gasteiger partial charge in [-0.3, -0.25) is 14.6 Å². The minimum Gasteiger partial charge on any atom is -0.356 e. The summed E-state index contributed by atoms with van der Waals surface area (Å²) < 4.78 is 0. The van der Waals surface area contributed by atoms with E-state index < -0.39 is 5.41 Å². The van der Waals surface area contributed by atoms with Crippen LogP contribution in [0.1, 0.15) is 57.4 Å². The highest BCUT2D eigenvalue weighted by atomic mass is 16.2. The molecule has 2 heterocycles. The topological polar surface area (TPSA) is 62.3 Å². The molecule has 0 unspecified atom stereocenters. The van der Waals surface area contributed by atoms with E-state index in [9.17, 15) is 9.59 Å². The number of likely N-dealkylation sites (tertiary alicyclic amines) is 1. The fourth-order valence-electron chi connectivity index (χ4n) is 5.36. The van der Waals surface area contributed by atoms with Gasteiger partial charge in [-0.25, -0.2) is 0 Å². The van der Waals surface area contributed by atoms with E-state index in [0.29, 0.717) is 38.4 Å². The number of nitrogens with one attached hydrogen (secondary N) is 1.